The van der Waals surface area contributed by atoms with E-state index in [1.54, 1.807) is 14.2 Å². The fraction of sp³-hybridized carbons (Fsp3) is 0.333. The number of methoxy groups -OCH3 is 2. The molecule has 0 fully saturated rings. The molecule has 2 rings (SSSR count). The number of nitrogen functional groups attached to an aromatic ring is 1. The third kappa shape index (κ3) is 3.49. The van der Waals surface area contributed by atoms with Gasteiger partial charge >= 0.3 is 0 Å². The molecule has 1 aromatic carbocycles. The summed E-state index contributed by atoms with van der Waals surface area (Å²) in [6.45, 7) is 4.03. The van der Waals surface area contributed by atoms with Crippen LogP contribution in [-0.4, -0.2) is 30.2 Å². The summed E-state index contributed by atoms with van der Waals surface area (Å²) >= 11 is 0. The lowest BCUT2D eigenvalue weighted by Crippen LogP contribution is -2.14. The van der Waals surface area contributed by atoms with Gasteiger partial charge in [0.15, 0.2) is 11.6 Å². The number of benzene rings is 1. The summed E-state index contributed by atoms with van der Waals surface area (Å²) in [6.07, 6.45) is 1.45. The van der Waals surface area contributed by atoms with Gasteiger partial charge in [0.05, 0.1) is 19.9 Å². The van der Waals surface area contributed by atoms with Gasteiger partial charge in [-0.25, -0.2) is 9.97 Å². The highest BCUT2D eigenvalue weighted by atomic mass is 16.5. The van der Waals surface area contributed by atoms with Crippen molar-refractivity contribution in [2.75, 3.05) is 30.6 Å². The lowest BCUT2D eigenvalue weighted by Gasteiger charge is -2.16. The van der Waals surface area contributed by atoms with Crippen LogP contribution >= 0.6 is 0 Å². The number of hydrogen-bond acceptors (Lipinski definition) is 7. The van der Waals surface area contributed by atoms with Crippen LogP contribution in [0.4, 0.5) is 23.0 Å². The molecule has 0 saturated carbocycles. The number of ether oxygens (including phenoxy) is 2. The number of anilines is 4. The normalized spacial score (nSPS) is 10.4. The Kier molecular flexibility index (Phi) is 4.88. The molecule has 0 unspecified atom stereocenters. The van der Waals surface area contributed by atoms with Crippen LogP contribution in [0.15, 0.2) is 24.5 Å². The van der Waals surface area contributed by atoms with Crippen LogP contribution in [0.2, 0.25) is 0 Å². The van der Waals surface area contributed by atoms with Gasteiger partial charge in [-0.1, -0.05) is 0 Å². The van der Waals surface area contributed by atoms with Crippen molar-refractivity contribution in [3.8, 4) is 11.5 Å². The number of rotatable bonds is 6. The van der Waals surface area contributed by atoms with Crippen molar-refractivity contribution < 1.29 is 9.47 Å². The maximum absolute atomic E-state index is 6.12. The summed E-state index contributed by atoms with van der Waals surface area (Å²) in [7, 11) is 3.21. The quantitative estimate of drug-likeness (QED) is 0.755. The van der Waals surface area contributed by atoms with E-state index < -0.39 is 0 Å². The third-order valence-electron chi connectivity index (χ3n) is 2.97. The SMILES string of the molecule is COc1ccc(OC)c(Nc2ncnc(NC(C)C)c2N)c1. The van der Waals surface area contributed by atoms with Gasteiger partial charge in [-0.2, -0.15) is 0 Å². The molecule has 0 aliphatic rings. The minimum Gasteiger partial charge on any atom is -0.497 e. The van der Waals surface area contributed by atoms with Gasteiger partial charge in [-0.05, 0) is 26.0 Å². The first-order valence-corrected chi connectivity index (χ1v) is 6.91. The zero-order valence-electron chi connectivity index (χ0n) is 13.2. The Morgan fingerprint density at radius 3 is 2.45 bits per heavy atom. The Morgan fingerprint density at radius 2 is 1.82 bits per heavy atom. The smallest absolute Gasteiger partial charge is 0.159 e. The standard InChI is InChI=1S/C15H21N5O2/c1-9(2)19-14-13(16)15(18-8-17-14)20-11-7-10(21-3)5-6-12(11)22-4/h5-9H,16H2,1-4H3,(H2,17,18,19,20). The molecule has 0 bridgehead atoms. The van der Waals surface area contributed by atoms with E-state index >= 15 is 0 Å². The van der Waals surface area contributed by atoms with Gasteiger partial charge in [0.2, 0.25) is 0 Å². The molecule has 0 saturated heterocycles. The Balaban J connectivity index is 2.34. The van der Waals surface area contributed by atoms with Gasteiger partial charge in [0, 0.05) is 12.1 Å². The zero-order valence-corrected chi connectivity index (χ0v) is 13.2. The van der Waals surface area contributed by atoms with Crippen LogP contribution in [0.25, 0.3) is 0 Å². The maximum Gasteiger partial charge on any atom is 0.159 e. The van der Waals surface area contributed by atoms with Crippen molar-refractivity contribution in [3.63, 3.8) is 0 Å². The van der Waals surface area contributed by atoms with Crippen LogP contribution in [0.3, 0.4) is 0 Å². The summed E-state index contributed by atoms with van der Waals surface area (Å²) in [5, 5.41) is 6.34. The average molecular weight is 303 g/mol. The summed E-state index contributed by atoms with van der Waals surface area (Å²) in [5.41, 5.74) is 7.28. The number of nitrogens with one attached hydrogen (secondary N) is 2. The first-order valence-electron chi connectivity index (χ1n) is 6.91. The minimum atomic E-state index is 0.219. The van der Waals surface area contributed by atoms with Crippen LogP contribution < -0.4 is 25.8 Å². The van der Waals surface area contributed by atoms with Gasteiger partial charge < -0.3 is 25.8 Å². The molecule has 1 heterocycles. The fourth-order valence-electron chi connectivity index (χ4n) is 1.92. The van der Waals surface area contributed by atoms with E-state index in [4.69, 9.17) is 15.2 Å². The molecule has 0 amide bonds. The highest BCUT2D eigenvalue weighted by Crippen LogP contribution is 2.33. The monoisotopic (exact) mass is 303 g/mol. The predicted octanol–water partition coefficient (Wildman–Crippen LogP) is 2.64. The van der Waals surface area contributed by atoms with Gasteiger partial charge in [-0.3, -0.25) is 0 Å². The van der Waals surface area contributed by atoms with Crippen molar-refractivity contribution in [1.29, 1.82) is 0 Å². The Bertz CT molecular complexity index is 646. The van der Waals surface area contributed by atoms with E-state index in [1.807, 2.05) is 32.0 Å². The van der Waals surface area contributed by atoms with Gasteiger partial charge in [0.1, 0.15) is 23.5 Å². The van der Waals surface area contributed by atoms with Crippen LogP contribution in [0.5, 0.6) is 11.5 Å². The molecular formula is C15H21N5O2. The summed E-state index contributed by atoms with van der Waals surface area (Å²) in [6, 6.07) is 5.66. The lowest BCUT2D eigenvalue weighted by atomic mass is 10.2. The number of nitrogens with two attached hydrogens (primary N) is 1. The fourth-order valence-corrected chi connectivity index (χ4v) is 1.92. The second kappa shape index (κ2) is 6.84. The maximum atomic E-state index is 6.12. The highest BCUT2D eigenvalue weighted by Gasteiger charge is 2.12. The van der Waals surface area contributed by atoms with Crippen LogP contribution in [0.1, 0.15) is 13.8 Å². The third-order valence-corrected chi connectivity index (χ3v) is 2.97. The molecule has 7 nitrogen and oxygen atoms in total. The van der Waals surface area contributed by atoms with Crippen molar-refractivity contribution in [2.24, 2.45) is 0 Å². The van der Waals surface area contributed by atoms with E-state index in [-0.39, 0.29) is 6.04 Å². The second-order valence-corrected chi connectivity index (χ2v) is 4.97. The zero-order chi connectivity index (χ0) is 16.1. The number of aromatic nitrogens is 2. The number of hydrogen-bond donors (Lipinski definition) is 3. The molecule has 22 heavy (non-hydrogen) atoms. The molecular weight excluding hydrogens is 282 g/mol. The van der Waals surface area contributed by atoms with Gasteiger partial charge in [-0.15, -0.1) is 0 Å². The molecule has 2 aromatic rings. The average Bonchev–Trinajstić information content (AvgIpc) is 2.50. The predicted molar refractivity (Wildman–Crippen MR) is 88.0 cm³/mol. The summed E-state index contributed by atoms with van der Waals surface area (Å²) in [4.78, 5) is 8.34. The van der Waals surface area contributed by atoms with Crippen molar-refractivity contribution >= 4 is 23.0 Å². The molecule has 0 spiro atoms. The molecule has 0 radical (unpaired) electrons. The van der Waals surface area contributed by atoms with Gasteiger partial charge in [0.25, 0.3) is 0 Å². The Morgan fingerprint density at radius 1 is 1.09 bits per heavy atom. The van der Waals surface area contributed by atoms with E-state index in [1.165, 1.54) is 6.33 Å². The van der Waals surface area contributed by atoms with Crippen molar-refractivity contribution in [3.05, 3.63) is 24.5 Å². The molecule has 4 N–H and O–H groups in total. The number of nitrogens with zero attached hydrogens (tertiary/aromatic N) is 2. The molecule has 0 aliphatic carbocycles. The van der Waals surface area contributed by atoms with E-state index in [0.717, 1.165) is 0 Å². The minimum absolute atomic E-state index is 0.219. The van der Waals surface area contributed by atoms with Crippen LogP contribution in [-0.2, 0) is 0 Å². The van der Waals surface area contributed by atoms with E-state index in [9.17, 15) is 0 Å². The van der Waals surface area contributed by atoms with E-state index in [0.29, 0.717) is 34.5 Å². The summed E-state index contributed by atoms with van der Waals surface area (Å²) < 4.78 is 10.6. The van der Waals surface area contributed by atoms with Crippen LogP contribution in [0, 0.1) is 0 Å². The first-order chi connectivity index (χ1) is 10.5. The van der Waals surface area contributed by atoms with E-state index in [2.05, 4.69) is 20.6 Å². The largest absolute Gasteiger partial charge is 0.497 e. The van der Waals surface area contributed by atoms with Crippen molar-refractivity contribution in [1.82, 2.24) is 9.97 Å². The topological polar surface area (TPSA) is 94.3 Å². The second-order valence-electron chi connectivity index (χ2n) is 4.97. The molecule has 0 aliphatic heterocycles. The molecule has 0 atom stereocenters. The molecule has 7 heteroatoms. The van der Waals surface area contributed by atoms with Crippen molar-refractivity contribution in [2.45, 2.75) is 19.9 Å². The molecule has 118 valence electrons. The first kappa shape index (κ1) is 15.7. The highest BCUT2D eigenvalue weighted by molar-refractivity contribution is 5.79. The summed E-state index contributed by atoms with van der Waals surface area (Å²) in [5.74, 6) is 2.47. The lowest BCUT2D eigenvalue weighted by molar-refractivity contribution is 0.405. The Hall–Kier alpha value is -2.70. The molecule has 1 aromatic heterocycles. The Labute approximate surface area is 129 Å².